The first-order chi connectivity index (χ1) is 4.41. The summed E-state index contributed by atoms with van der Waals surface area (Å²) in [6.45, 7) is 2.16. The van der Waals surface area contributed by atoms with Crippen molar-refractivity contribution in [3.63, 3.8) is 0 Å². The van der Waals surface area contributed by atoms with E-state index in [-0.39, 0.29) is 0 Å². The van der Waals surface area contributed by atoms with Crippen LogP contribution in [0.15, 0.2) is 0 Å². The van der Waals surface area contributed by atoms with Gasteiger partial charge in [0.15, 0.2) is 0 Å². The Labute approximate surface area is 70.6 Å². The molecule has 0 aromatic rings. The molecule has 0 aliphatic heterocycles. The standard InChI is InChI=1S/C8H9I/c1-2-3-4-5-6-7-8-9/h2-4H2,1H3. The van der Waals surface area contributed by atoms with Crippen molar-refractivity contribution < 1.29 is 0 Å². The highest BCUT2D eigenvalue weighted by molar-refractivity contribution is 14.1. The van der Waals surface area contributed by atoms with Crippen LogP contribution in [0.1, 0.15) is 26.2 Å². The van der Waals surface area contributed by atoms with Gasteiger partial charge in [0, 0.05) is 29.0 Å². The van der Waals surface area contributed by atoms with Gasteiger partial charge in [-0.15, -0.1) is 0 Å². The fourth-order valence-electron chi connectivity index (χ4n) is 0.395. The largest absolute Gasteiger partial charge is 0.0891 e. The topological polar surface area (TPSA) is 0 Å². The SMILES string of the molecule is CCCCC#CC#CI. The molecule has 0 N–H and O–H groups in total. The average Bonchev–Trinajstić information content (AvgIpc) is 1.89. The van der Waals surface area contributed by atoms with Crippen molar-refractivity contribution in [1.82, 2.24) is 0 Å². The second kappa shape index (κ2) is 7.85. The van der Waals surface area contributed by atoms with Gasteiger partial charge in [-0.05, 0) is 22.2 Å². The molecular formula is C8H9I. The van der Waals surface area contributed by atoms with Crippen LogP contribution in [0, 0.1) is 21.7 Å². The summed E-state index contributed by atoms with van der Waals surface area (Å²) < 4.78 is 2.69. The Morgan fingerprint density at radius 1 is 1.33 bits per heavy atom. The molecular weight excluding hydrogens is 223 g/mol. The van der Waals surface area contributed by atoms with Gasteiger partial charge in [-0.2, -0.15) is 0 Å². The molecule has 0 spiro atoms. The zero-order valence-corrected chi connectivity index (χ0v) is 7.66. The Morgan fingerprint density at radius 3 is 2.67 bits per heavy atom. The van der Waals surface area contributed by atoms with Crippen LogP contribution >= 0.6 is 22.6 Å². The Kier molecular flexibility index (Phi) is 7.72. The number of unbranched alkanes of at least 4 members (excludes halogenated alkanes) is 2. The van der Waals surface area contributed by atoms with Crippen molar-refractivity contribution in [3.8, 4) is 21.7 Å². The van der Waals surface area contributed by atoms with E-state index in [9.17, 15) is 0 Å². The van der Waals surface area contributed by atoms with E-state index < -0.39 is 0 Å². The maximum atomic E-state index is 2.96. The summed E-state index contributed by atoms with van der Waals surface area (Å²) in [6.07, 6.45) is 3.39. The van der Waals surface area contributed by atoms with Crippen molar-refractivity contribution in [2.45, 2.75) is 26.2 Å². The zero-order chi connectivity index (χ0) is 6.95. The Balaban J connectivity index is 3.23. The molecule has 0 aliphatic carbocycles. The van der Waals surface area contributed by atoms with Crippen LogP contribution < -0.4 is 0 Å². The van der Waals surface area contributed by atoms with Crippen molar-refractivity contribution in [2.75, 3.05) is 0 Å². The molecule has 0 saturated carbocycles. The van der Waals surface area contributed by atoms with E-state index in [2.05, 4.69) is 28.6 Å². The van der Waals surface area contributed by atoms with Crippen LogP contribution in [0.4, 0.5) is 0 Å². The third-order valence-corrected chi connectivity index (χ3v) is 1.12. The molecule has 0 amide bonds. The second-order valence-electron chi connectivity index (χ2n) is 1.62. The Morgan fingerprint density at radius 2 is 2.11 bits per heavy atom. The van der Waals surface area contributed by atoms with E-state index >= 15 is 0 Å². The highest BCUT2D eigenvalue weighted by atomic mass is 127. The van der Waals surface area contributed by atoms with Crippen LogP contribution in [0.25, 0.3) is 0 Å². The Hall–Kier alpha value is -0.150. The maximum absolute atomic E-state index is 2.96. The van der Waals surface area contributed by atoms with Gasteiger partial charge in [0.25, 0.3) is 0 Å². The van der Waals surface area contributed by atoms with Crippen LogP contribution in [0.2, 0.25) is 0 Å². The zero-order valence-electron chi connectivity index (χ0n) is 5.50. The van der Waals surface area contributed by atoms with E-state index in [0.717, 1.165) is 6.42 Å². The van der Waals surface area contributed by atoms with Crippen LogP contribution in [0.3, 0.4) is 0 Å². The van der Waals surface area contributed by atoms with E-state index in [1.54, 1.807) is 0 Å². The van der Waals surface area contributed by atoms with Crippen molar-refractivity contribution in [2.24, 2.45) is 0 Å². The normalized spacial score (nSPS) is 6.44. The van der Waals surface area contributed by atoms with Crippen LogP contribution in [0.5, 0.6) is 0 Å². The number of hydrogen-bond acceptors (Lipinski definition) is 0. The van der Waals surface area contributed by atoms with E-state index in [0.29, 0.717) is 0 Å². The summed E-state index contributed by atoms with van der Waals surface area (Å²) in [6, 6.07) is 0. The average molecular weight is 232 g/mol. The molecule has 48 valence electrons. The molecule has 0 saturated heterocycles. The van der Waals surface area contributed by atoms with Gasteiger partial charge in [-0.1, -0.05) is 19.3 Å². The molecule has 0 atom stereocenters. The number of rotatable bonds is 2. The monoisotopic (exact) mass is 232 g/mol. The van der Waals surface area contributed by atoms with Gasteiger partial charge < -0.3 is 0 Å². The third-order valence-electron chi connectivity index (χ3n) is 0.853. The lowest BCUT2D eigenvalue weighted by Gasteiger charge is -1.80. The summed E-state index contributed by atoms with van der Waals surface area (Å²) in [5.74, 6) is 8.39. The predicted octanol–water partition coefficient (Wildman–Crippen LogP) is 2.58. The lowest BCUT2D eigenvalue weighted by atomic mass is 10.2. The van der Waals surface area contributed by atoms with E-state index in [1.807, 2.05) is 22.6 Å². The molecule has 9 heavy (non-hydrogen) atoms. The first-order valence-electron chi connectivity index (χ1n) is 3.00. The molecule has 0 heterocycles. The van der Waals surface area contributed by atoms with Gasteiger partial charge in [-0.3, -0.25) is 0 Å². The van der Waals surface area contributed by atoms with Crippen molar-refractivity contribution in [1.29, 1.82) is 0 Å². The minimum Gasteiger partial charge on any atom is -0.0891 e. The van der Waals surface area contributed by atoms with Gasteiger partial charge >= 0.3 is 0 Å². The third kappa shape index (κ3) is 7.85. The summed E-state index contributed by atoms with van der Waals surface area (Å²) in [7, 11) is 0. The summed E-state index contributed by atoms with van der Waals surface area (Å²) in [5.41, 5.74) is 0. The first-order valence-corrected chi connectivity index (χ1v) is 4.08. The predicted molar refractivity (Wildman–Crippen MR) is 49.1 cm³/mol. The fourth-order valence-corrected chi connectivity index (χ4v) is 0.530. The summed E-state index contributed by atoms with van der Waals surface area (Å²) in [4.78, 5) is 0. The highest BCUT2D eigenvalue weighted by Gasteiger charge is 1.73. The lowest BCUT2D eigenvalue weighted by Crippen LogP contribution is -1.65. The molecule has 1 heteroatoms. The summed E-state index contributed by atoms with van der Waals surface area (Å²) >= 11 is 1.98. The van der Waals surface area contributed by atoms with E-state index in [1.165, 1.54) is 12.8 Å². The molecule has 0 aromatic heterocycles. The smallest absolute Gasteiger partial charge is 0.0192 e. The van der Waals surface area contributed by atoms with Crippen molar-refractivity contribution >= 4 is 22.6 Å². The number of halogens is 1. The van der Waals surface area contributed by atoms with Gasteiger partial charge in [-0.25, -0.2) is 0 Å². The molecule has 0 unspecified atom stereocenters. The molecule has 0 radical (unpaired) electrons. The van der Waals surface area contributed by atoms with Crippen LogP contribution in [-0.2, 0) is 0 Å². The number of hydrogen-bond donors (Lipinski definition) is 0. The Bertz CT molecular complexity index is 160. The lowest BCUT2D eigenvalue weighted by molar-refractivity contribution is 0.828. The van der Waals surface area contributed by atoms with Gasteiger partial charge in [0.2, 0.25) is 0 Å². The minimum atomic E-state index is 0.988. The second-order valence-corrected chi connectivity index (χ2v) is 2.16. The van der Waals surface area contributed by atoms with Gasteiger partial charge in [0.1, 0.15) is 0 Å². The van der Waals surface area contributed by atoms with E-state index in [4.69, 9.17) is 0 Å². The molecule has 0 aromatic carbocycles. The molecule has 0 bridgehead atoms. The highest BCUT2D eigenvalue weighted by Crippen LogP contribution is 1.89. The maximum Gasteiger partial charge on any atom is 0.0192 e. The minimum absolute atomic E-state index is 0.988. The van der Waals surface area contributed by atoms with Crippen LogP contribution in [-0.4, -0.2) is 0 Å². The summed E-state index contributed by atoms with van der Waals surface area (Å²) in [5, 5.41) is 0. The first kappa shape index (κ1) is 8.85. The molecule has 0 fully saturated rings. The fraction of sp³-hybridized carbons (Fsp3) is 0.500. The molecule has 0 aliphatic rings. The van der Waals surface area contributed by atoms with Crippen molar-refractivity contribution in [3.05, 3.63) is 0 Å². The molecule has 0 nitrogen and oxygen atoms in total. The quantitative estimate of drug-likeness (QED) is 0.390. The molecule has 0 rings (SSSR count). The van der Waals surface area contributed by atoms with Gasteiger partial charge in [0.05, 0.1) is 0 Å².